The van der Waals surface area contributed by atoms with Crippen molar-refractivity contribution in [1.82, 2.24) is 10.2 Å². The van der Waals surface area contributed by atoms with Crippen molar-refractivity contribution in [3.8, 4) is 0 Å². The third kappa shape index (κ3) is 1.56. The average molecular weight is 192 g/mol. The molecule has 1 N–H and O–H groups in total. The number of benzene rings is 1. The molecule has 2 aromatic rings. The summed E-state index contributed by atoms with van der Waals surface area (Å²) < 4.78 is 0. The molecule has 1 heterocycles. The van der Waals surface area contributed by atoms with Gasteiger partial charge in [-0.15, -0.1) is 0 Å². The molecule has 1 unspecified atom stereocenters. The van der Waals surface area contributed by atoms with Crippen molar-refractivity contribution in [2.75, 3.05) is 6.26 Å². The quantitative estimate of drug-likeness (QED) is 0.792. The third-order valence-corrected chi connectivity index (χ3v) is 3.27. The molecule has 1 atom stereocenters. The summed E-state index contributed by atoms with van der Waals surface area (Å²) in [6, 6.07) is 6.44. The molecule has 0 saturated heterocycles. The first kappa shape index (κ1) is 8.63. The first-order chi connectivity index (χ1) is 6.31. The van der Waals surface area contributed by atoms with Crippen molar-refractivity contribution in [2.45, 2.75) is 12.2 Å². The van der Waals surface area contributed by atoms with E-state index in [4.69, 9.17) is 0 Å². The van der Waals surface area contributed by atoms with Gasteiger partial charge >= 0.3 is 0 Å². The van der Waals surface area contributed by atoms with Crippen LogP contribution in [0.25, 0.3) is 10.9 Å². The van der Waals surface area contributed by atoms with Gasteiger partial charge in [0.05, 0.1) is 11.7 Å². The number of H-pyrrole nitrogens is 1. The smallest absolute Gasteiger partial charge is 0.0650 e. The maximum absolute atomic E-state index is 4.00. The van der Waals surface area contributed by atoms with E-state index < -0.39 is 0 Å². The van der Waals surface area contributed by atoms with Gasteiger partial charge in [-0.2, -0.15) is 16.9 Å². The van der Waals surface area contributed by atoms with Crippen LogP contribution in [0.15, 0.2) is 24.4 Å². The van der Waals surface area contributed by atoms with Crippen LogP contribution < -0.4 is 0 Å². The van der Waals surface area contributed by atoms with E-state index in [1.165, 1.54) is 10.9 Å². The van der Waals surface area contributed by atoms with Gasteiger partial charge in [-0.25, -0.2) is 0 Å². The summed E-state index contributed by atoms with van der Waals surface area (Å²) in [5.74, 6) is 0. The lowest BCUT2D eigenvalue weighted by atomic mass is 10.1. The Balaban J connectivity index is 2.48. The van der Waals surface area contributed by atoms with Crippen LogP contribution in [-0.4, -0.2) is 16.5 Å². The minimum absolute atomic E-state index is 0.555. The van der Waals surface area contributed by atoms with Crippen LogP contribution in [0.2, 0.25) is 0 Å². The fourth-order valence-corrected chi connectivity index (χ4v) is 1.77. The molecule has 0 aliphatic carbocycles. The maximum Gasteiger partial charge on any atom is 0.0650 e. The summed E-state index contributed by atoms with van der Waals surface area (Å²) in [5, 5.41) is 8.69. The zero-order chi connectivity index (χ0) is 9.26. The van der Waals surface area contributed by atoms with Crippen molar-refractivity contribution < 1.29 is 0 Å². The SMILES string of the molecule is CSC(C)c1ccc2[nH]ncc2c1. The van der Waals surface area contributed by atoms with Crippen LogP contribution >= 0.6 is 11.8 Å². The minimum Gasteiger partial charge on any atom is -0.278 e. The fraction of sp³-hybridized carbons (Fsp3) is 0.300. The average Bonchev–Trinajstić information content (AvgIpc) is 2.63. The summed E-state index contributed by atoms with van der Waals surface area (Å²) in [6.07, 6.45) is 4.00. The number of fused-ring (bicyclic) bond motifs is 1. The molecule has 2 nitrogen and oxygen atoms in total. The monoisotopic (exact) mass is 192 g/mol. The lowest BCUT2D eigenvalue weighted by molar-refractivity contribution is 1.11. The number of thioether (sulfide) groups is 1. The molecule has 0 amide bonds. The molecule has 0 aliphatic heterocycles. The van der Waals surface area contributed by atoms with Crippen molar-refractivity contribution in [2.24, 2.45) is 0 Å². The maximum atomic E-state index is 4.00. The standard InChI is InChI=1S/C10H12N2S/c1-7(13-2)8-3-4-10-9(5-8)6-11-12-10/h3-7H,1-2H3,(H,11,12). The van der Waals surface area contributed by atoms with Gasteiger partial charge < -0.3 is 0 Å². The van der Waals surface area contributed by atoms with Crippen LogP contribution in [0.3, 0.4) is 0 Å². The molecular formula is C10H12N2S. The minimum atomic E-state index is 0.555. The third-order valence-electron chi connectivity index (χ3n) is 2.29. The predicted molar refractivity (Wildman–Crippen MR) is 58.0 cm³/mol. The van der Waals surface area contributed by atoms with E-state index in [1.807, 2.05) is 18.0 Å². The summed E-state index contributed by atoms with van der Waals surface area (Å²) in [7, 11) is 0. The number of nitrogens with zero attached hydrogens (tertiary/aromatic N) is 1. The van der Waals surface area contributed by atoms with Crippen molar-refractivity contribution in [3.63, 3.8) is 0 Å². The second-order valence-corrected chi connectivity index (χ2v) is 4.27. The second kappa shape index (κ2) is 3.42. The normalized spacial score (nSPS) is 13.4. The van der Waals surface area contributed by atoms with Gasteiger partial charge in [-0.1, -0.05) is 6.07 Å². The van der Waals surface area contributed by atoms with Crippen molar-refractivity contribution >= 4 is 22.7 Å². The largest absolute Gasteiger partial charge is 0.278 e. The lowest BCUT2D eigenvalue weighted by Gasteiger charge is -2.07. The number of hydrogen-bond donors (Lipinski definition) is 1. The predicted octanol–water partition coefficient (Wildman–Crippen LogP) is 2.99. The van der Waals surface area contributed by atoms with Gasteiger partial charge in [0, 0.05) is 10.6 Å². The van der Waals surface area contributed by atoms with Crippen molar-refractivity contribution in [3.05, 3.63) is 30.0 Å². The molecule has 2 rings (SSSR count). The highest BCUT2D eigenvalue weighted by Crippen LogP contribution is 2.27. The Morgan fingerprint density at radius 1 is 1.46 bits per heavy atom. The Morgan fingerprint density at radius 3 is 3.08 bits per heavy atom. The Bertz CT molecular complexity index is 408. The molecule has 1 aromatic heterocycles. The fourth-order valence-electron chi connectivity index (χ4n) is 1.35. The first-order valence-electron chi connectivity index (χ1n) is 4.27. The zero-order valence-corrected chi connectivity index (χ0v) is 8.56. The van der Waals surface area contributed by atoms with Crippen LogP contribution in [0.1, 0.15) is 17.7 Å². The molecule has 0 saturated carbocycles. The van der Waals surface area contributed by atoms with Crippen LogP contribution in [0.4, 0.5) is 0 Å². The molecule has 3 heteroatoms. The van der Waals surface area contributed by atoms with Gasteiger partial charge in [0.1, 0.15) is 0 Å². The number of aromatic amines is 1. The number of hydrogen-bond acceptors (Lipinski definition) is 2. The Hall–Kier alpha value is -0.960. The van der Waals surface area contributed by atoms with Gasteiger partial charge in [0.2, 0.25) is 0 Å². The highest BCUT2D eigenvalue weighted by atomic mass is 32.2. The molecular weight excluding hydrogens is 180 g/mol. The summed E-state index contributed by atoms with van der Waals surface area (Å²) in [6.45, 7) is 2.21. The molecule has 0 spiro atoms. The number of aromatic nitrogens is 2. The van der Waals surface area contributed by atoms with E-state index in [0.29, 0.717) is 5.25 Å². The molecule has 0 radical (unpaired) electrons. The second-order valence-electron chi connectivity index (χ2n) is 3.09. The topological polar surface area (TPSA) is 28.7 Å². The Kier molecular flexibility index (Phi) is 2.27. The molecule has 0 fully saturated rings. The molecule has 0 aliphatic rings. The summed E-state index contributed by atoms with van der Waals surface area (Å²) in [5.41, 5.74) is 2.47. The molecule has 68 valence electrons. The molecule has 13 heavy (non-hydrogen) atoms. The number of rotatable bonds is 2. The van der Waals surface area contributed by atoms with E-state index in [2.05, 4.69) is 41.6 Å². The van der Waals surface area contributed by atoms with E-state index in [1.54, 1.807) is 0 Å². The van der Waals surface area contributed by atoms with Gasteiger partial charge in [0.15, 0.2) is 0 Å². The molecule has 0 bridgehead atoms. The van der Waals surface area contributed by atoms with Crippen molar-refractivity contribution in [1.29, 1.82) is 0 Å². The van der Waals surface area contributed by atoms with E-state index in [-0.39, 0.29) is 0 Å². The Labute approximate surface area is 81.7 Å². The highest BCUT2D eigenvalue weighted by Gasteiger charge is 2.04. The van der Waals surface area contributed by atoms with Gasteiger partial charge in [-0.05, 0) is 30.9 Å². The summed E-state index contributed by atoms with van der Waals surface area (Å²) >= 11 is 1.86. The zero-order valence-electron chi connectivity index (χ0n) is 7.74. The molecule has 1 aromatic carbocycles. The van der Waals surface area contributed by atoms with Gasteiger partial charge in [0.25, 0.3) is 0 Å². The summed E-state index contributed by atoms with van der Waals surface area (Å²) in [4.78, 5) is 0. The van der Waals surface area contributed by atoms with Crippen LogP contribution in [-0.2, 0) is 0 Å². The lowest BCUT2D eigenvalue weighted by Crippen LogP contribution is -1.85. The first-order valence-corrected chi connectivity index (χ1v) is 5.56. The van der Waals surface area contributed by atoms with Crippen LogP contribution in [0, 0.1) is 0 Å². The van der Waals surface area contributed by atoms with E-state index in [0.717, 1.165) is 5.52 Å². The van der Waals surface area contributed by atoms with Gasteiger partial charge in [-0.3, -0.25) is 5.10 Å². The Morgan fingerprint density at radius 2 is 2.31 bits per heavy atom. The number of nitrogens with one attached hydrogen (secondary N) is 1. The highest BCUT2D eigenvalue weighted by molar-refractivity contribution is 7.98. The van der Waals surface area contributed by atoms with Crippen LogP contribution in [0.5, 0.6) is 0 Å². The van der Waals surface area contributed by atoms with E-state index in [9.17, 15) is 0 Å². The van der Waals surface area contributed by atoms with E-state index >= 15 is 0 Å².